The largest absolute Gasteiger partial charge is 0.416 e. The summed E-state index contributed by atoms with van der Waals surface area (Å²) in [5.74, 6) is -0.366. The second-order valence-electron chi connectivity index (χ2n) is 9.18. The minimum atomic E-state index is -4.36. The van der Waals surface area contributed by atoms with E-state index in [1.807, 2.05) is 42.2 Å². The Hall–Kier alpha value is -4.18. The maximum atomic E-state index is 13.1. The van der Waals surface area contributed by atoms with Gasteiger partial charge in [0, 0.05) is 62.1 Å². The molecule has 1 saturated heterocycles. The van der Waals surface area contributed by atoms with E-state index in [4.69, 9.17) is 0 Å². The summed E-state index contributed by atoms with van der Waals surface area (Å²) in [7, 11) is 0. The highest BCUT2D eigenvalue weighted by Crippen LogP contribution is 2.32. The van der Waals surface area contributed by atoms with E-state index in [2.05, 4.69) is 26.4 Å². The Morgan fingerprint density at radius 2 is 1.74 bits per heavy atom. The lowest BCUT2D eigenvalue weighted by Crippen LogP contribution is -2.46. The van der Waals surface area contributed by atoms with Crippen molar-refractivity contribution in [1.82, 2.24) is 19.5 Å². The number of hydrogen-bond donors (Lipinski definition) is 1. The Kier molecular flexibility index (Phi) is 7.15. The average Bonchev–Trinajstić information content (AvgIpc) is 3.24. The van der Waals surface area contributed by atoms with Crippen LogP contribution in [0.1, 0.15) is 27.3 Å². The van der Waals surface area contributed by atoms with Crippen LogP contribution >= 0.6 is 0 Å². The summed E-state index contributed by atoms with van der Waals surface area (Å²) in [6.07, 6.45) is 0.0422. The number of alkyl halides is 3. The highest BCUT2D eigenvalue weighted by Gasteiger charge is 2.31. The van der Waals surface area contributed by atoms with E-state index >= 15 is 0 Å². The standard InChI is InChI=1S/C28H27F3N6O/c1-20-22(19-35-12-14-36(15-13-35)24-9-5-8-23(17-24)28(29,30)31)16-26(21-6-3-2-4-7-21)37(20)34-27(38)25-18-32-10-11-33-25/h2-11,16-18H,12-15,19H2,1H3,(H,34,38). The average molecular weight is 521 g/mol. The number of benzene rings is 2. The summed E-state index contributed by atoms with van der Waals surface area (Å²) >= 11 is 0. The molecule has 1 N–H and O–H groups in total. The number of rotatable bonds is 6. The monoisotopic (exact) mass is 520 g/mol. The lowest BCUT2D eigenvalue weighted by molar-refractivity contribution is -0.137. The molecule has 2 aromatic carbocycles. The topological polar surface area (TPSA) is 66.3 Å². The van der Waals surface area contributed by atoms with Crippen LogP contribution in [0.25, 0.3) is 11.3 Å². The second-order valence-corrected chi connectivity index (χ2v) is 9.18. The van der Waals surface area contributed by atoms with E-state index in [-0.39, 0.29) is 11.6 Å². The predicted molar refractivity (Wildman–Crippen MR) is 139 cm³/mol. The van der Waals surface area contributed by atoms with Gasteiger partial charge in [-0.1, -0.05) is 36.4 Å². The molecule has 2 aromatic heterocycles. The van der Waals surface area contributed by atoms with E-state index < -0.39 is 11.7 Å². The van der Waals surface area contributed by atoms with Crippen LogP contribution in [0.3, 0.4) is 0 Å². The Labute approximate surface area is 218 Å². The molecule has 196 valence electrons. The third-order valence-electron chi connectivity index (χ3n) is 6.74. The van der Waals surface area contributed by atoms with Gasteiger partial charge in [0.05, 0.1) is 17.5 Å². The van der Waals surface area contributed by atoms with Crippen molar-refractivity contribution in [3.05, 3.63) is 102 Å². The molecule has 4 aromatic rings. The normalized spacial score (nSPS) is 14.5. The van der Waals surface area contributed by atoms with Crippen LogP contribution in [0.15, 0.2) is 79.3 Å². The van der Waals surface area contributed by atoms with E-state index in [0.29, 0.717) is 38.4 Å². The maximum Gasteiger partial charge on any atom is 0.416 e. The molecular weight excluding hydrogens is 493 g/mol. The first-order chi connectivity index (χ1) is 18.3. The number of amides is 1. The fourth-order valence-electron chi connectivity index (χ4n) is 4.64. The van der Waals surface area contributed by atoms with Crippen molar-refractivity contribution in [2.45, 2.75) is 19.6 Å². The lowest BCUT2D eigenvalue weighted by atomic mass is 10.1. The molecule has 0 aliphatic carbocycles. The third-order valence-corrected chi connectivity index (χ3v) is 6.74. The van der Waals surface area contributed by atoms with Crippen LogP contribution in [0.5, 0.6) is 0 Å². The smallest absolute Gasteiger partial charge is 0.369 e. The molecule has 0 atom stereocenters. The second kappa shape index (κ2) is 10.7. The number of nitrogens with zero attached hydrogens (tertiary/aromatic N) is 5. The predicted octanol–water partition coefficient (Wildman–Crippen LogP) is 4.98. The minimum absolute atomic E-state index is 0.215. The minimum Gasteiger partial charge on any atom is -0.369 e. The van der Waals surface area contributed by atoms with E-state index in [9.17, 15) is 18.0 Å². The third kappa shape index (κ3) is 5.55. The van der Waals surface area contributed by atoms with Crippen molar-refractivity contribution in [3.63, 3.8) is 0 Å². The molecule has 10 heteroatoms. The van der Waals surface area contributed by atoms with E-state index in [1.165, 1.54) is 30.7 Å². The molecule has 1 amide bonds. The molecule has 5 rings (SSSR count). The van der Waals surface area contributed by atoms with Gasteiger partial charge in [-0.05, 0) is 36.8 Å². The van der Waals surface area contributed by atoms with Crippen molar-refractivity contribution >= 4 is 11.6 Å². The molecule has 0 spiro atoms. The summed E-state index contributed by atoms with van der Waals surface area (Å²) < 4.78 is 41.2. The zero-order valence-corrected chi connectivity index (χ0v) is 20.8. The van der Waals surface area contributed by atoms with Crippen LogP contribution < -0.4 is 10.3 Å². The van der Waals surface area contributed by atoms with Gasteiger partial charge in [0.2, 0.25) is 0 Å². The van der Waals surface area contributed by atoms with E-state index in [0.717, 1.165) is 28.6 Å². The van der Waals surface area contributed by atoms with Gasteiger partial charge in [0.15, 0.2) is 0 Å². The molecule has 1 fully saturated rings. The molecule has 3 heterocycles. The molecule has 38 heavy (non-hydrogen) atoms. The Balaban J connectivity index is 1.33. The Bertz CT molecular complexity index is 1400. The molecule has 1 aliphatic heterocycles. The molecule has 7 nitrogen and oxygen atoms in total. The number of carbonyl (C=O) groups excluding carboxylic acids is 1. The number of hydrogen-bond acceptors (Lipinski definition) is 5. The number of carbonyl (C=O) groups is 1. The van der Waals surface area contributed by atoms with Crippen molar-refractivity contribution < 1.29 is 18.0 Å². The summed E-state index contributed by atoms with van der Waals surface area (Å²) in [6, 6.07) is 17.4. The van der Waals surface area contributed by atoms with Gasteiger partial charge in [0.1, 0.15) is 5.69 Å². The summed E-state index contributed by atoms with van der Waals surface area (Å²) in [5, 5.41) is 0. The SMILES string of the molecule is Cc1c(CN2CCN(c3cccc(C(F)(F)F)c3)CC2)cc(-c2ccccc2)n1NC(=O)c1cnccn1. The molecule has 0 unspecified atom stereocenters. The number of anilines is 1. The van der Waals surface area contributed by atoms with Crippen LogP contribution in [-0.2, 0) is 12.7 Å². The number of halogens is 3. The molecule has 0 bridgehead atoms. The van der Waals surface area contributed by atoms with Crippen LogP contribution in [0.2, 0.25) is 0 Å². The van der Waals surface area contributed by atoms with Crippen molar-refractivity contribution in [2.24, 2.45) is 0 Å². The van der Waals surface area contributed by atoms with Crippen LogP contribution in [-0.4, -0.2) is 51.6 Å². The van der Waals surface area contributed by atoms with Crippen molar-refractivity contribution in [2.75, 3.05) is 36.5 Å². The molecule has 1 aliphatic rings. The summed E-state index contributed by atoms with van der Waals surface area (Å²) in [6.45, 7) is 5.25. The number of aromatic nitrogens is 3. The first-order valence-electron chi connectivity index (χ1n) is 12.3. The van der Waals surface area contributed by atoms with Gasteiger partial charge in [-0.2, -0.15) is 13.2 Å². The molecule has 0 radical (unpaired) electrons. The number of piperazine rings is 1. The number of nitrogens with one attached hydrogen (secondary N) is 1. The Morgan fingerprint density at radius 3 is 2.42 bits per heavy atom. The summed E-state index contributed by atoms with van der Waals surface area (Å²) in [4.78, 5) is 25.2. The first-order valence-corrected chi connectivity index (χ1v) is 12.3. The lowest BCUT2D eigenvalue weighted by Gasteiger charge is -2.36. The van der Waals surface area contributed by atoms with Crippen LogP contribution in [0.4, 0.5) is 18.9 Å². The fraction of sp³-hybridized carbons (Fsp3) is 0.250. The van der Waals surface area contributed by atoms with Crippen LogP contribution in [0, 0.1) is 6.92 Å². The highest BCUT2D eigenvalue weighted by atomic mass is 19.4. The highest BCUT2D eigenvalue weighted by molar-refractivity contribution is 5.98. The van der Waals surface area contributed by atoms with E-state index in [1.54, 1.807) is 10.7 Å². The van der Waals surface area contributed by atoms with Crippen molar-refractivity contribution in [1.29, 1.82) is 0 Å². The Morgan fingerprint density at radius 1 is 0.974 bits per heavy atom. The first kappa shape index (κ1) is 25.5. The van der Waals surface area contributed by atoms with Gasteiger partial charge < -0.3 is 4.90 Å². The van der Waals surface area contributed by atoms with Gasteiger partial charge >= 0.3 is 6.18 Å². The molecule has 0 saturated carbocycles. The van der Waals surface area contributed by atoms with Gasteiger partial charge in [-0.3, -0.25) is 24.8 Å². The van der Waals surface area contributed by atoms with Gasteiger partial charge in [-0.15, -0.1) is 0 Å². The maximum absolute atomic E-state index is 13.1. The quantitative estimate of drug-likeness (QED) is 0.389. The zero-order chi connectivity index (χ0) is 26.7. The van der Waals surface area contributed by atoms with Gasteiger partial charge in [0.25, 0.3) is 5.91 Å². The fourth-order valence-corrected chi connectivity index (χ4v) is 4.64. The summed E-state index contributed by atoms with van der Waals surface area (Å²) in [5.41, 5.74) is 6.86. The zero-order valence-electron chi connectivity index (χ0n) is 20.8. The molecular formula is C28H27F3N6O. The van der Waals surface area contributed by atoms with Gasteiger partial charge in [-0.25, -0.2) is 4.98 Å². The van der Waals surface area contributed by atoms with Crippen molar-refractivity contribution in [3.8, 4) is 11.3 Å².